The monoisotopic (exact) mass is 487 g/mol. The number of benzene rings is 2. The second kappa shape index (κ2) is 11.5. The van der Waals surface area contributed by atoms with Crippen LogP contribution in [0.15, 0.2) is 63.2 Å². The summed E-state index contributed by atoms with van der Waals surface area (Å²) in [4.78, 5) is 29.7. The molecule has 1 aromatic heterocycles. The predicted molar refractivity (Wildman–Crippen MR) is 133 cm³/mol. The van der Waals surface area contributed by atoms with Gasteiger partial charge in [0.1, 0.15) is 22.8 Å². The Morgan fingerprint density at radius 3 is 2.66 bits per heavy atom. The SMILES string of the molecule is COc1cc(SC#N)ccc1NC(=O)/N=C/c1c(C)c(C#N)c(=O)n(CCc2ccccc2)c1O. The lowest BCUT2D eigenvalue weighted by Crippen LogP contribution is -2.26. The molecule has 0 atom stereocenters. The molecule has 3 aromatic rings. The minimum Gasteiger partial charge on any atom is -0.495 e. The first kappa shape index (κ1) is 25.1. The van der Waals surface area contributed by atoms with Crippen molar-refractivity contribution in [1.29, 1.82) is 10.5 Å². The Balaban J connectivity index is 1.88. The Labute approximate surface area is 205 Å². The number of aromatic hydroxyl groups is 1. The highest BCUT2D eigenvalue weighted by Crippen LogP contribution is 2.30. The van der Waals surface area contributed by atoms with Gasteiger partial charge in [-0.05, 0) is 54.4 Å². The normalized spacial score (nSPS) is 10.5. The smallest absolute Gasteiger partial charge is 0.345 e. The lowest BCUT2D eigenvalue weighted by Gasteiger charge is -2.14. The summed E-state index contributed by atoms with van der Waals surface area (Å²) in [5.74, 6) is -0.0384. The number of carbonyl (C=O) groups is 1. The Bertz CT molecular complexity index is 1420. The fourth-order valence-electron chi connectivity index (χ4n) is 3.38. The maximum atomic E-state index is 12.8. The molecule has 0 radical (unpaired) electrons. The molecule has 35 heavy (non-hydrogen) atoms. The summed E-state index contributed by atoms with van der Waals surface area (Å²) in [6.45, 7) is 1.65. The van der Waals surface area contributed by atoms with E-state index in [2.05, 4.69) is 10.3 Å². The van der Waals surface area contributed by atoms with Crippen molar-refractivity contribution in [1.82, 2.24) is 4.57 Å². The maximum Gasteiger partial charge on any atom is 0.345 e. The highest BCUT2D eigenvalue weighted by molar-refractivity contribution is 8.03. The number of nitrogens with one attached hydrogen (secondary N) is 1. The van der Waals surface area contributed by atoms with Crippen molar-refractivity contribution in [2.75, 3.05) is 12.4 Å². The number of amides is 2. The summed E-state index contributed by atoms with van der Waals surface area (Å²) in [6.07, 6.45) is 1.57. The number of anilines is 1. The van der Waals surface area contributed by atoms with E-state index in [1.807, 2.05) is 41.8 Å². The molecule has 9 nitrogen and oxygen atoms in total. The summed E-state index contributed by atoms with van der Waals surface area (Å²) >= 11 is 0.953. The first-order valence-electron chi connectivity index (χ1n) is 10.4. The average molecular weight is 488 g/mol. The van der Waals surface area contributed by atoms with Gasteiger partial charge >= 0.3 is 6.03 Å². The number of thiocyanates is 1. The van der Waals surface area contributed by atoms with E-state index in [1.165, 1.54) is 14.0 Å². The van der Waals surface area contributed by atoms with Gasteiger partial charge in [-0.3, -0.25) is 9.36 Å². The van der Waals surface area contributed by atoms with Gasteiger partial charge in [0.15, 0.2) is 0 Å². The molecule has 0 unspecified atom stereocenters. The third kappa shape index (κ3) is 5.88. The van der Waals surface area contributed by atoms with E-state index in [9.17, 15) is 20.0 Å². The van der Waals surface area contributed by atoms with Crippen molar-refractivity contribution < 1.29 is 14.6 Å². The zero-order valence-corrected chi connectivity index (χ0v) is 19.8. The third-order valence-electron chi connectivity index (χ3n) is 5.20. The molecule has 2 N–H and O–H groups in total. The Hall–Kier alpha value is -4.54. The number of rotatable bonds is 7. The quantitative estimate of drug-likeness (QED) is 0.289. The van der Waals surface area contributed by atoms with E-state index in [0.717, 1.165) is 28.1 Å². The molecule has 0 saturated carbocycles. The molecule has 0 aliphatic heterocycles. The molecule has 0 saturated heterocycles. The topological polar surface area (TPSA) is 140 Å². The number of thioether (sulfide) groups is 1. The number of aliphatic imine (C=N–C) groups is 1. The van der Waals surface area contributed by atoms with Gasteiger partial charge in [-0.1, -0.05) is 30.3 Å². The van der Waals surface area contributed by atoms with Crippen molar-refractivity contribution >= 4 is 29.7 Å². The van der Waals surface area contributed by atoms with E-state index in [-0.39, 0.29) is 29.1 Å². The van der Waals surface area contributed by atoms with Crippen molar-refractivity contribution in [2.24, 2.45) is 4.99 Å². The van der Waals surface area contributed by atoms with Crippen LogP contribution >= 0.6 is 11.8 Å². The predicted octanol–water partition coefficient (Wildman–Crippen LogP) is 4.21. The zero-order chi connectivity index (χ0) is 25.4. The number of aryl methyl sites for hydroxylation is 1. The van der Waals surface area contributed by atoms with Gasteiger partial charge < -0.3 is 15.2 Å². The summed E-state index contributed by atoms with van der Waals surface area (Å²) in [5, 5.41) is 33.6. The zero-order valence-electron chi connectivity index (χ0n) is 19.0. The summed E-state index contributed by atoms with van der Waals surface area (Å²) in [6, 6.07) is 15.4. The lowest BCUT2D eigenvalue weighted by atomic mass is 10.1. The molecule has 3 rings (SSSR count). The molecular formula is C25H21N5O4S. The van der Waals surface area contributed by atoms with Crippen LogP contribution in [0.5, 0.6) is 11.6 Å². The van der Waals surface area contributed by atoms with Crippen LogP contribution in [0.2, 0.25) is 0 Å². The van der Waals surface area contributed by atoms with Crippen LogP contribution in [0.1, 0.15) is 22.3 Å². The lowest BCUT2D eigenvalue weighted by molar-refractivity contribution is 0.259. The average Bonchev–Trinajstić information content (AvgIpc) is 2.85. The number of hydrogen-bond donors (Lipinski definition) is 2. The molecular weight excluding hydrogens is 466 g/mol. The Morgan fingerprint density at radius 1 is 1.26 bits per heavy atom. The van der Waals surface area contributed by atoms with Crippen LogP contribution in [-0.4, -0.2) is 29.0 Å². The molecule has 0 aliphatic carbocycles. The van der Waals surface area contributed by atoms with Gasteiger partial charge in [0.2, 0.25) is 5.88 Å². The van der Waals surface area contributed by atoms with Crippen molar-refractivity contribution in [2.45, 2.75) is 24.8 Å². The number of pyridine rings is 1. The molecule has 2 aromatic carbocycles. The molecule has 0 bridgehead atoms. The molecule has 1 heterocycles. The van der Waals surface area contributed by atoms with Crippen LogP contribution in [0.4, 0.5) is 10.5 Å². The Morgan fingerprint density at radius 2 is 2.00 bits per heavy atom. The summed E-state index contributed by atoms with van der Waals surface area (Å²) in [7, 11) is 1.43. The first-order valence-corrected chi connectivity index (χ1v) is 11.2. The third-order valence-corrected chi connectivity index (χ3v) is 5.78. The fourth-order valence-corrected chi connectivity index (χ4v) is 3.79. The molecule has 176 valence electrons. The molecule has 0 fully saturated rings. The van der Waals surface area contributed by atoms with Crippen molar-refractivity contribution in [3.63, 3.8) is 0 Å². The molecule has 10 heteroatoms. The maximum absolute atomic E-state index is 12.8. The number of carbonyl (C=O) groups excluding carboxylic acids is 1. The molecule has 2 amide bonds. The van der Waals surface area contributed by atoms with Gasteiger partial charge in [-0.15, -0.1) is 0 Å². The van der Waals surface area contributed by atoms with Crippen LogP contribution in [0, 0.1) is 28.9 Å². The van der Waals surface area contributed by atoms with E-state index in [0.29, 0.717) is 22.8 Å². The van der Waals surface area contributed by atoms with Gasteiger partial charge in [-0.25, -0.2) is 9.79 Å². The van der Waals surface area contributed by atoms with Crippen LogP contribution in [-0.2, 0) is 13.0 Å². The van der Waals surface area contributed by atoms with E-state index < -0.39 is 11.6 Å². The van der Waals surface area contributed by atoms with Gasteiger partial charge in [0, 0.05) is 17.7 Å². The number of nitrogens with zero attached hydrogens (tertiary/aromatic N) is 4. The summed E-state index contributed by atoms with van der Waals surface area (Å²) < 4.78 is 6.36. The van der Waals surface area contributed by atoms with Crippen molar-refractivity contribution in [3.8, 4) is 23.1 Å². The molecule has 0 aliphatic rings. The minimum absolute atomic E-state index is 0.0945. The Kier molecular flexibility index (Phi) is 8.28. The largest absolute Gasteiger partial charge is 0.495 e. The van der Waals surface area contributed by atoms with Gasteiger partial charge in [0.25, 0.3) is 5.56 Å². The standard InChI is InChI=1S/C25H21N5O4S/c1-16-19(13-26)23(31)30(11-10-17-6-4-3-5-7-17)24(32)20(16)14-28-25(33)29-21-9-8-18(35-15-27)12-22(21)34-2/h3-9,12,14,32H,10-11H2,1-2H3,(H,29,33)/b28-14+. The first-order chi connectivity index (χ1) is 16.9. The number of aromatic nitrogens is 1. The second-order valence-corrected chi connectivity index (χ2v) is 8.14. The van der Waals surface area contributed by atoms with E-state index in [1.54, 1.807) is 18.2 Å². The fraction of sp³-hybridized carbons (Fsp3) is 0.160. The van der Waals surface area contributed by atoms with Gasteiger partial charge in [0.05, 0.1) is 18.4 Å². The second-order valence-electron chi connectivity index (χ2n) is 7.29. The highest BCUT2D eigenvalue weighted by atomic mass is 32.2. The highest BCUT2D eigenvalue weighted by Gasteiger charge is 2.18. The minimum atomic E-state index is -0.761. The number of urea groups is 1. The van der Waals surface area contributed by atoms with Crippen LogP contribution in [0.3, 0.4) is 0 Å². The number of ether oxygens (including phenoxy) is 1. The van der Waals surface area contributed by atoms with Crippen LogP contribution < -0.4 is 15.6 Å². The van der Waals surface area contributed by atoms with Crippen molar-refractivity contribution in [3.05, 3.63) is 81.1 Å². The number of methoxy groups -OCH3 is 1. The van der Waals surface area contributed by atoms with E-state index in [4.69, 9.17) is 10.00 Å². The van der Waals surface area contributed by atoms with E-state index >= 15 is 0 Å². The van der Waals surface area contributed by atoms with Crippen LogP contribution in [0.25, 0.3) is 0 Å². The number of nitriles is 2. The molecule has 0 spiro atoms. The number of hydrogen-bond acceptors (Lipinski definition) is 7. The summed E-state index contributed by atoms with van der Waals surface area (Å²) in [5.41, 5.74) is 0.865. The van der Waals surface area contributed by atoms with Gasteiger partial charge in [-0.2, -0.15) is 10.5 Å².